The topological polar surface area (TPSA) is 84.2 Å². The Kier molecular flexibility index (Phi) is 6.61. The van der Waals surface area contributed by atoms with Crippen LogP contribution in [0.15, 0.2) is 51.9 Å². The third kappa shape index (κ3) is 5.19. The van der Waals surface area contributed by atoms with E-state index in [2.05, 4.69) is 15.8 Å². The average Bonchev–Trinajstić information content (AvgIpc) is 3.00. The highest BCUT2D eigenvalue weighted by Gasteiger charge is 2.15. The standard InChI is InChI=1S/C21H20ClN3O3S/c1-12-17(13(2)28-25-12)11-29-20-7-5-4-6-16(20)21(27)24-15-8-9-19(18(22)10-15)23-14(3)26/h4-10H,11H2,1-3H3,(H,23,26)(H,24,27). The predicted molar refractivity (Wildman–Crippen MR) is 116 cm³/mol. The molecule has 0 fully saturated rings. The Morgan fingerprint density at radius 2 is 1.90 bits per heavy atom. The van der Waals surface area contributed by atoms with Crippen LogP contribution in [0, 0.1) is 13.8 Å². The van der Waals surface area contributed by atoms with Crippen LogP contribution >= 0.6 is 23.4 Å². The minimum atomic E-state index is -0.241. The maximum absolute atomic E-state index is 12.8. The Morgan fingerprint density at radius 3 is 2.55 bits per heavy atom. The summed E-state index contributed by atoms with van der Waals surface area (Å²) in [7, 11) is 0. The molecule has 0 aliphatic carbocycles. The van der Waals surface area contributed by atoms with Gasteiger partial charge in [-0.2, -0.15) is 0 Å². The number of nitrogens with one attached hydrogen (secondary N) is 2. The number of benzene rings is 2. The summed E-state index contributed by atoms with van der Waals surface area (Å²) >= 11 is 7.74. The molecule has 150 valence electrons. The van der Waals surface area contributed by atoms with E-state index >= 15 is 0 Å². The zero-order valence-corrected chi connectivity index (χ0v) is 17.8. The summed E-state index contributed by atoms with van der Waals surface area (Å²) in [6.45, 7) is 5.19. The summed E-state index contributed by atoms with van der Waals surface area (Å²) in [5.74, 6) is 0.983. The van der Waals surface area contributed by atoms with E-state index in [0.29, 0.717) is 27.7 Å². The van der Waals surface area contributed by atoms with Crippen molar-refractivity contribution in [2.75, 3.05) is 10.6 Å². The van der Waals surface area contributed by atoms with Gasteiger partial charge in [-0.1, -0.05) is 28.9 Å². The van der Waals surface area contributed by atoms with Crippen molar-refractivity contribution in [1.29, 1.82) is 0 Å². The van der Waals surface area contributed by atoms with Crippen LogP contribution in [0.3, 0.4) is 0 Å². The molecule has 1 aromatic heterocycles. The molecule has 2 N–H and O–H groups in total. The van der Waals surface area contributed by atoms with Gasteiger partial charge < -0.3 is 15.2 Å². The number of halogens is 1. The van der Waals surface area contributed by atoms with Crippen molar-refractivity contribution in [2.24, 2.45) is 0 Å². The second-order valence-corrected chi connectivity index (χ2v) is 7.84. The minimum absolute atomic E-state index is 0.215. The second-order valence-electron chi connectivity index (χ2n) is 6.42. The Bertz CT molecular complexity index is 1050. The third-order valence-corrected chi connectivity index (χ3v) is 5.64. The zero-order valence-electron chi connectivity index (χ0n) is 16.2. The lowest BCUT2D eigenvalue weighted by Crippen LogP contribution is -2.13. The number of anilines is 2. The fourth-order valence-corrected chi connectivity index (χ4v) is 4.15. The van der Waals surface area contributed by atoms with Crippen LogP contribution < -0.4 is 10.6 Å². The first-order chi connectivity index (χ1) is 13.8. The van der Waals surface area contributed by atoms with E-state index in [4.69, 9.17) is 16.1 Å². The third-order valence-electron chi connectivity index (χ3n) is 4.22. The van der Waals surface area contributed by atoms with Crippen molar-refractivity contribution in [3.05, 3.63) is 70.1 Å². The lowest BCUT2D eigenvalue weighted by molar-refractivity contribution is -0.114. The molecule has 0 radical (unpaired) electrons. The maximum atomic E-state index is 12.8. The molecule has 0 unspecified atom stereocenters. The van der Waals surface area contributed by atoms with Crippen molar-refractivity contribution >= 4 is 46.6 Å². The van der Waals surface area contributed by atoms with Crippen LogP contribution in [0.4, 0.5) is 11.4 Å². The van der Waals surface area contributed by atoms with E-state index in [9.17, 15) is 9.59 Å². The highest BCUT2D eigenvalue weighted by Crippen LogP contribution is 2.30. The number of hydrogen-bond donors (Lipinski definition) is 2. The maximum Gasteiger partial charge on any atom is 0.256 e. The fourth-order valence-electron chi connectivity index (χ4n) is 2.72. The highest BCUT2D eigenvalue weighted by atomic mass is 35.5. The molecule has 29 heavy (non-hydrogen) atoms. The summed E-state index contributed by atoms with van der Waals surface area (Å²) in [5, 5.41) is 9.80. The van der Waals surface area contributed by atoms with Crippen LogP contribution in [-0.2, 0) is 10.5 Å². The Morgan fingerprint density at radius 1 is 1.14 bits per heavy atom. The van der Waals surface area contributed by atoms with Crippen molar-refractivity contribution in [2.45, 2.75) is 31.4 Å². The summed E-state index contributed by atoms with van der Waals surface area (Å²) < 4.78 is 5.20. The van der Waals surface area contributed by atoms with Gasteiger partial charge in [0.15, 0.2) is 0 Å². The molecule has 3 aromatic rings. The normalized spacial score (nSPS) is 10.6. The molecular weight excluding hydrogens is 410 g/mol. The van der Waals surface area contributed by atoms with Gasteiger partial charge in [-0.3, -0.25) is 9.59 Å². The van der Waals surface area contributed by atoms with E-state index in [1.165, 1.54) is 6.92 Å². The highest BCUT2D eigenvalue weighted by molar-refractivity contribution is 7.98. The van der Waals surface area contributed by atoms with Gasteiger partial charge >= 0.3 is 0 Å². The van der Waals surface area contributed by atoms with Gasteiger partial charge in [0, 0.05) is 28.8 Å². The molecule has 0 atom stereocenters. The summed E-state index contributed by atoms with van der Waals surface area (Å²) in [6, 6.07) is 12.3. The molecule has 2 aromatic carbocycles. The fraction of sp³-hybridized carbons (Fsp3) is 0.190. The SMILES string of the molecule is CC(=O)Nc1ccc(NC(=O)c2ccccc2SCc2c(C)noc2C)cc1Cl. The van der Waals surface area contributed by atoms with Crippen molar-refractivity contribution in [1.82, 2.24) is 5.16 Å². The lowest BCUT2D eigenvalue weighted by Gasteiger charge is -2.11. The quantitative estimate of drug-likeness (QED) is 0.509. The number of amides is 2. The Balaban J connectivity index is 1.75. The average molecular weight is 430 g/mol. The first kappa shape index (κ1) is 21.0. The number of thioether (sulfide) groups is 1. The van der Waals surface area contributed by atoms with Crippen LogP contribution in [0.25, 0.3) is 0 Å². The smallest absolute Gasteiger partial charge is 0.256 e. The van der Waals surface area contributed by atoms with Gasteiger partial charge in [0.05, 0.1) is 22.0 Å². The van der Waals surface area contributed by atoms with Crippen LogP contribution in [0.5, 0.6) is 0 Å². The molecule has 0 bridgehead atoms. The molecule has 0 aliphatic heterocycles. The molecule has 6 nitrogen and oxygen atoms in total. The monoisotopic (exact) mass is 429 g/mol. The van der Waals surface area contributed by atoms with Crippen LogP contribution in [0.1, 0.15) is 34.3 Å². The largest absolute Gasteiger partial charge is 0.361 e. The van der Waals surface area contributed by atoms with Crippen LogP contribution in [-0.4, -0.2) is 17.0 Å². The number of rotatable bonds is 6. The molecule has 2 amide bonds. The summed E-state index contributed by atoms with van der Waals surface area (Å²) in [6.07, 6.45) is 0. The van der Waals surface area contributed by atoms with E-state index < -0.39 is 0 Å². The van der Waals surface area contributed by atoms with Crippen LogP contribution in [0.2, 0.25) is 5.02 Å². The van der Waals surface area contributed by atoms with E-state index in [0.717, 1.165) is 21.9 Å². The molecule has 0 aliphatic rings. The number of hydrogen-bond acceptors (Lipinski definition) is 5. The molecule has 3 rings (SSSR count). The number of carbonyl (C=O) groups is 2. The van der Waals surface area contributed by atoms with Gasteiger partial charge in [0.25, 0.3) is 5.91 Å². The first-order valence-corrected chi connectivity index (χ1v) is 10.2. The summed E-state index contributed by atoms with van der Waals surface area (Å²) in [4.78, 5) is 24.9. The molecule has 0 spiro atoms. The van der Waals surface area contributed by atoms with E-state index in [-0.39, 0.29) is 11.8 Å². The molecule has 0 saturated carbocycles. The van der Waals surface area contributed by atoms with Crippen molar-refractivity contribution in [3.63, 3.8) is 0 Å². The van der Waals surface area contributed by atoms with E-state index in [1.807, 2.05) is 32.0 Å². The Labute approximate surface area is 178 Å². The minimum Gasteiger partial charge on any atom is -0.361 e. The number of aromatic nitrogens is 1. The second kappa shape index (κ2) is 9.15. The number of nitrogens with zero attached hydrogens (tertiary/aromatic N) is 1. The molecule has 1 heterocycles. The first-order valence-electron chi connectivity index (χ1n) is 8.87. The zero-order chi connectivity index (χ0) is 21.0. The van der Waals surface area contributed by atoms with Gasteiger partial charge in [0.2, 0.25) is 5.91 Å². The van der Waals surface area contributed by atoms with Gasteiger partial charge in [-0.15, -0.1) is 11.8 Å². The van der Waals surface area contributed by atoms with Crippen molar-refractivity contribution in [3.8, 4) is 0 Å². The van der Waals surface area contributed by atoms with Gasteiger partial charge in [-0.25, -0.2) is 0 Å². The lowest BCUT2D eigenvalue weighted by atomic mass is 10.2. The number of carbonyl (C=O) groups excluding carboxylic acids is 2. The Hall–Kier alpha value is -2.77. The van der Waals surface area contributed by atoms with Gasteiger partial charge in [0.1, 0.15) is 5.76 Å². The van der Waals surface area contributed by atoms with Gasteiger partial charge in [-0.05, 0) is 44.2 Å². The molecule has 0 saturated heterocycles. The predicted octanol–water partition coefficient (Wildman–Crippen LogP) is 5.45. The molecular formula is C21H20ClN3O3S. The summed E-state index contributed by atoms with van der Waals surface area (Å²) in [5.41, 5.74) is 3.48. The van der Waals surface area contributed by atoms with Crippen molar-refractivity contribution < 1.29 is 14.1 Å². The van der Waals surface area contributed by atoms with E-state index in [1.54, 1.807) is 36.0 Å². The molecule has 8 heteroatoms. The number of aryl methyl sites for hydroxylation is 2.